The van der Waals surface area contributed by atoms with Gasteiger partial charge in [0.05, 0.1) is 6.10 Å². The van der Waals surface area contributed by atoms with E-state index in [2.05, 4.69) is 9.98 Å². The average molecular weight is 372 g/mol. The lowest BCUT2D eigenvalue weighted by Crippen LogP contribution is -2.48. The number of hydrogen-bond acceptors (Lipinski definition) is 6. The molecule has 0 aromatic carbocycles. The normalized spacial score (nSPS) is 27.2. The van der Waals surface area contributed by atoms with Gasteiger partial charge in [-0.15, -0.1) is 0 Å². The van der Waals surface area contributed by atoms with Crippen LogP contribution < -0.4 is 17.2 Å². The number of ether oxygens (including phenoxy) is 1. The van der Waals surface area contributed by atoms with Crippen LogP contribution in [0.2, 0.25) is 0 Å². The Kier molecular flexibility index (Phi) is 7.45. The zero-order chi connectivity index (χ0) is 22.0. The molecule has 148 valence electrons. The number of amides is 1. The van der Waals surface area contributed by atoms with Gasteiger partial charge in [-0.25, -0.2) is 9.79 Å². The Morgan fingerprint density at radius 3 is 2.42 bits per heavy atom. The van der Waals surface area contributed by atoms with Gasteiger partial charge in [0.2, 0.25) is 18.0 Å². The average Bonchev–Trinajstić information content (AvgIpc) is 2.57. The fourth-order valence-corrected chi connectivity index (χ4v) is 2.63. The van der Waals surface area contributed by atoms with Crippen LogP contribution in [0, 0.1) is 0 Å². The molecule has 0 aromatic heterocycles. The summed E-state index contributed by atoms with van der Waals surface area (Å²) >= 11 is 0. The number of nitrogens with zero attached hydrogens (tertiary/aromatic N) is 3. The third-order valence-electron chi connectivity index (χ3n) is 4.03. The monoisotopic (exact) mass is 371 g/mol. The highest BCUT2D eigenvalue weighted by Gasteiger charge is 2.28. The van der Waals surface area contributed by atoms with Crippen molar-refractivity contribution in [3.63, 3.8) is 0 Å². The van der Waals surface area contributed by atoms with Gasteiger partial charge in [0.1, 0.15) is 0 Å². The first-order valence-electron chi connectivity index (χ1n) is 10.5. The summed E-state index contributed by atoms with van der Waals surface area (Å²) in [4.78, 5) is 32.5. The largest absolute Gasteiger partial charge is 0.460 e. The lowest BCUT2D eigenvalue weighted by molar-refractivity contribution is -0.153. The van der Waals surface area contributed by atoms with E-state index >= 15 is 0 Å². The molecule has 1 aliphatic rings. The van der Waals surface area contributed by atoms with E-state index in [1.165, 1.54) is 0 Å². The summed E-state index contributed by atoms with van der Waals surface area (Å²) in [5.41, 5.74) is 16.5. The van der Waals surface area contributed by atoms with Gasteiger partial charge in [0, 0.05) is 17.5 Å². The number of aliphatic imine (C=N–C) groups is 2. The number of carbonyl (C=O) groups excluding carboxylic acids is 2. The Labute approximate surface area is 159 Å². The molecule has 2 atom stereocenters. The van der Waals surface area contributed by atoms with Crippen LogP contribution in [0.5, 0.6) is 0 Å². The molecule has 1 heterocycles. The van der Waals surface area contributed by atoms with Crippen LogP contribution in [-0.2, 0) is 14.3 Å². The van der Waals surface area contributed by atoms with Gasteiger partial charge in [0.15, 0.2) is 5.96 Å². The first-order chi connectivity index (χ1) is 13.5. The number of likely N-dealkylation sites (N-methyl/N-ethyl adjacent to an activating group) is 1. The molecule has 1 aliphatic heterocycles. The van der Waals surface area contributed by atoms with E-state index in [4.69, 9.17) is 26.1 Å². The SMILES string of the molecule is [2H]C([2H])([2H])N1C(N)=NC(=O)CCCCCCCCCC(C)OC(=O)C1N=C(N)N. The molecule has 0 saturated heterocycles. The highest BCUT2D eigenvalue weighted by molar-refractivity contribution is 5.94. The van der Waals surface area contributed by atoms with Crippen molar-refractivity contribution in [3.05, 3.63) is 0 Å². The van der Waals surface area contributed by atoms with Gasteiger partial charge >= 0.3 is 5.97 Å². The summed E-state index contributed by atoms with van der Waals surface area (Å²) in [5.74, 6) is -2.76. The molecule has 0 radical (unpaired) electrons. The summed E-state index contributed by atoms with van der Waals surface area (Å²) in [6, 6.07) is 0. The van der Waals surface area contributed by atoms with E-state index in [1.807, 2.05) is 0 Å². The smallest absolute Gasteiger partial charge is 0.352 e. The maximum atomic E-state index is 12.7. The second-order valence-electron chi connectivity index (χ2n) is 6.42. The van der Waals surface area contributed by atoms with Gasteiger partial charge in [0.25, 0.3) is 0 Å². The van der Waals surface area contributed by atoms with Crippen molar-refractivity contribution in [2.24, 2.45) is 27.2 Å². The molecule has 0 bridgehead atoms. The van der Waals surface area contributed by atoms with E-state index in [9.17, 15) is 9.59 Å². The van der Waals surface area contributed by atoms with Crippen molar-refractivity contribution in [1.82, 2.24) is 4.90 Å². The number of hydrogen-bond donors (Lipinski definition) is 3. The van der Waals surface area contributed by atoms with Crippen LogP contribution in [0.3, 0.4) is 0 Å². The Bertz CT molecular complexity index is 620. The van der Waals surface area contributed by atoms with E-state index < -0.39 is 43.0 Å². The van der Waals surface area contributed by atoms with Crippen LogP contribution in [-0.4, -0.2) is 47.9 Å². The van der Waals surface area contributed by atoms with Gasteiger partial charge in [-0.1, -0.05) is 32.1 Å². The van der Waals surface area contributed by atoms with Crippen LogP contribution in [0.15, 0.2) is 9.98 Å². The predicted molar refractivity (Wildman–Crippen MR) is 101 cm³/mol. The van der Waals surface area contributed by atoms with Crippen molar-refractivity contribution < 1.29 is 18.4 Å². The first kappa shape index (κ1) is 17.1. The molecule has 1 rings (SSSR count). The molecule has 26 heavy (non-hydrogen) atoms. The van der Waals surface area contributed by atoms with Gasteiger partial charge in [-0.05, 0) is 26.2 Å². The number of cyclic esters (lactones) is 1. The quantitative estimate of drug-likeness (QED) is 0.351. The van der Waals surface area contributed by atoms with Gasteiger partial charge < -0.3 is 26.8 Å². The fourth-order valence-electron chi connectivity index (χ4n) is 2.63. The van der Waals surface area contributed by atoms with Crippen molar-refractivity contribution in [3.8, 4) is 0 Å². The second-order valence-corrected chi connectivity index (χ2v) is 6.42. The predicted octanol–water partition coefficient (Wildman–Crippen LogP) is 0.815. The van der Waals surface area contributed by atoms with Crippen molar-refractivity contribution in [1.29, 1.82) is 0 Å². The highest BCUT2D eigenvalue weighted by atomic mass is 16.5. The zero-order valence-electron chi connectivity index (χ0n) is 18.3. The van der Waals surface area contributed by atoms with Crippen molar-refractivity contribution in [2.75, 3.05) is 6.98 Å². The van der Waals surface area contributed by atoms with E-state index in [0.29, 0.717) is 17.7 Å². The number of rotatable bonds is 1. The molecule has 1 amide bonds. The summed E-state index contributed by atoms with van der Waals surface area (Å²) in [6.45, 7) is -1.23. The summed E-state index contributed by atoms with van der Waals surface area (Å²) < 4.78 is 28.5. The maximum absolute atomic E-state index is 12.7. The van der Waals surface area contributed by atoms with Crippen molar-refractivity contribution in [2.45, 2.75) is 77.0 Å². The molecule has 0 saturated carbocycles. The van der Waals surface area contributed by atoms with E-state index in [1.54, 1.807) is 6.92 Å². The second kappa shape index (κ2) is 11.3. The summed E-state index contributed by atoms with van der Waals surface area (Å²) in [6.07, 6.45) is 4.98. The lowest BCUT2D eigenvalue weighted by Gasteiger charge is -2.25. The molecule has 0 spiro atoms. The minimum atomic E-state index is -2.94. The van der Waals surface area contributed by atoms with E-state index in [-0.39, 0.29) is 6.42 Å². The number of nitrogens with two attached hydrogens (primary N) is 3. The minimum Gasteiger partial charge on any atom is -0.460 e. The maximum Gasteiger partial charge on any atom is 0.352 e. The molecule has 0 aliphatic carbocycles. The van der Waals surface area contributed by atoms with Gasteiger partial charge in [-0.3, -0.25) is 4.79 Å². The van der Waals surface area contributed by atoms with Crippen LogP contribution in [0.1, 0.15) is 68.8 Å². The fraction of sp³-hybridized carbons (Fsp3) is 0.765. The Morgan fingerprint density at radius 1 is 1.19 bits per heavy atom. The first-order valence-corrected chi connectivity index (χ1v) is 8.98. The van der Waals surface area contributed by atoms with Gasteiger partial charge in [-0.2, -0.15) is 4.99 Å². The Balaban J connectivity index is 3.24. The molecule has 0 aromatic rings. The molecule has 2 unspecified atom stereocenters. The number of guanidine groups is 2. The zero-order valence-corrected chi connectivity index (χ0v) is 15.3. The molecule has 9 heteroatoms. The molecular formula is C17H32N6O3. The van der Waals surface area contributed by atoms with Crippen molar-refractivity contribution >= 4 is 23.8 Å². The standard InChI is InChI=1S/C17H32N6O3/c1-12-10-8-6-4-3-5-7-9-11-13(24)21-17(20)23(2)14(15(25)26-12)22-16(18)19/h12,14H,3-11H2,1-2H3,(H4,18,19,22)(H2,20,21,24)/i2D3. The van der Waals surface area contributed by atoms with E-state index in [0.717, 1.165) is 38.5 Å². The molecule has 6 N–H and O–H groups in total. The molecule has 0 fully saturated rings. The lowest BCUT2D eigenvalue weighted by atomic mass is 10.1. The third-order valence-corrected chi connectivity index (χ3v) is 4.03. The molecular weight excluding hydrogens is 336 g/mol. The highest BCUT2D eigenvalue weighted by Crippen LogP contribution is 2.14. The minimum absolute atomic E-state index is 0.129. The van der Waals surface area contributed by atoms with Crippen LogP contribution in [0.25, 0.3) is 0 Å². The van der Waals surface area contributed by atoms with Crippen LogP contribution in [0.4, 0.5) is 0 Å². The Morgan fingerprint density at radius 2 is 1.81 bits per heavy atom. The topological polar surface area (TPSA) is 149 Å². The number of esters is 1. The molecule has 9 nitrogen and oxygen atoms in total. The van der Waals surface area contributed by atoms with Crippen LogP contribution >= 0.6 is 0 Å². The third kappa shape index (κ3) is 8.17. The Hall–Kier alpha value is -2.32. The number of carbonyl (C=O) groups is 2. The summed E-state index contributed by atoms with van der Waals surface area (Å²) in [5, 5.41) is 0. The summed E-state index contributed by atoms with van der Waals surface area (Å²) in [7, 11) is 0.